The van der Waals surface area contributed by atoms with Gasteiger partial charge in [0.1, 0.15) is 0 Å². The van der Waals surface area contributed by atoms with E-state index >= 15 is 0 Å². The Morgan fingerprint density at radius 1 is 1.43 bits per heavy atom. The molecule has 3 N–H and O–H groups in total. The molecule has 0 saturated heterocycles. The number of aliphatic hydroxyl groups is 1. The van der Waals surface area contributed by atoms with Crippen LogP contribution < -0.4 is 5.73 Å². The van der Waals surface area contributed by atoms with E-state index in [9.17, 15) is 5.11 Å². The van der Waals surface area contributed by atoms with Crippen LogP contribution in [0.5, 0.6) is 0 Å². The number of benzene rings is 1. The maximum absolute atomic E-state index is 9.70. The standard InChI is InChI=1S/C12H17NO/c1-7(2)9-5-3-4-8-6-10(14)12(13)11(8)9/h3-5,7,10,12,14H,6,13H2,1-2H3/t10?,12-/m1/s1. The van der Waals surface area contributed by atoms with Gasteiger partial charge in [-0.1, -0.05) is 32.0 Å². The molecule has 2 heteroatoms. The van der Waals surface area contributed by atoms with Crippen molar-refractivity contribution in [3.8, 4) is 0 Å². The van der Waals surface area contributed by atoms with Crippen molar-refractivity contribution in [1.82, 2.24) is 0 Å². The summed E-state index contributed by atoms with van der Waals surface area (Å²) in [5, 5.41) is 9.70. The summed E-state index contributed by atoms with van der Waals surface area (Å²) in [5.41, 5.74) is 9.66. The van der Waals surface area contributed by atoms with Crippen LogP contribution in [0.4, 0.5) is 0 Å². The molecule has 14 heavy (non-hydrogen) atoms. The quantitative estimate of drug-likeness (QED) is 0.710. The van der Waals surface area contributed by atoms with Crippen LogP contribution >= 0.6 is 0 Å². The maximum Gasteiger partial charge on any atom is 0.0773 e. The first-order valence-electron chi connectivity index (χ1n) is 5.16. The van der Waals surface area contributed by atoms with Crippen LogP contribution in [0.15, 0.2) is 18.2 Å². The highest BCUT2D eigenvalue weighted by atomic mass is 16.3. The van der Waals surface area contributed by atoms with Crippen molar-refractivity contribution in [2.75, 3.05) is 0 Å². The average molecular weight is 191 g/mol. The van der Waals surface area contributed by atoms with E-state index in [0.29, 0.717) is 12.3 Å². The molecule has 1 aromatic carbocycles. The topological polar surface area (TPSA) is 46.2 Å². The van der Waals surface area contributed by atoms with Crippen molar-refractivity contribution in [3.63, 3.8) is 0 Å². The highest BCUT2D eigenvalue weighted by Gasteiger charge is 2.30. The molecule has 2 rings (SSSR count). The Morgan fingerprint density at radius 3 is 2.79 bits per heavy atom. The number of nitrogens with two attached hydrogens (primary N) is 1. The lowest BCUT2D eigenvalue weighted by molar-refractivity contribution is 0.158. The Bertz CT molecular complexity index is 346. The van der Waals surface area contributed by atoms with Gasteiger partial charge in [-0.05, 0) is 22.6 Å². The lowest BCUT2D eigenvalue weighted by Gasteiger charge is -2.16. The highest BCUT2D eigenvalue weighted by molar-refractivity contribution is 5.43. The summed E-state index contributed by atoms with van der Waals surface area (Å²) in [6.07, 6.45) is 0.307. The van der Waals surface area contributed by atoms with Gasteiger partial charge in [0.25, 0.3) is 0 Å². The first-order valence-corrected chi connectivity index (χ1v) is 5.16. The summed E-state index contributed by atoms with van der Waals surface area (Å²) in [4.78, 5) is 0. The normalized spacial score (nSPS) is 25.5. The zero-order chi connectivity index (χ0) is 10.3. The minimum absolute atomic E-state index is 0.191. The lowest BCUT2D eigenvalue weighted by atomic mass is 9.93. The van der Waals surface area contributed by atoms with Crippen LogP contribution in [0.2, 0.25) is 0 Å². The van der Waals surface area contributed by atoms with Crippen molar-refractivity contribution in [2.45, 2.75) is 38.3 Å². The number of hydrogen-bond acceptors (Lipinski definition) is 2. The molecular formula is C12H17NO. The van der Waals surface area contributed by atoms with Gasteiger partial charge in [-0.25, -0.2) is 0 Å². The predicted octanol–water partition coefficient (Wildman–Crippen LogP) is 1.73. The zero-order valence-corrected chi connectivity index (χ0v) is 8.70. The van der Waals surface area contributed by atoms with E-state index < -0.39 is 6.10 Å². The Balaban J connectivity index is 2.52. The monoisotopic (exact) mass is 191 g/mol. The van der Waals surface area contributed by atoms with E-state index in [2.05, 4.69) is 32.0 Å². The van der Waals surface area contributed by atoms with E-state index in [-0.39, 0.29) is 6.04 Å². The number of fused-ring (bicyclic) bond motifs is 1. The first-order chi connectivity index (χ1) is 6.61. The summed E-state index contributed by atoms with van der Waals surface area (Å²) >= 11 is 0. The minimum Gasteiger partial charge on any atom is -0.391 e. The van der Waals surface area contributed by atoms with E-state index in [1.165, 1.54) is 16.7 Å². The number of hydrogen-bond donors (Lipinski definition) is 2. The van der Waals surface area contributed by atoms with Crippen LogP contribution in [0.25, 0.3) is 0 Å². The largest absolute Gasteiger partial charge is 0.391 e. The molecule has 76 valence electrons. The molecule has 1 unspecified atom stereocenters. The molecule has 0 spiro atoms. The third-order valence-electron chi connectivity index (χ3n) is 3.03. The Morgan fingerprint density at radius 2 is 2.14 bits per heavy atom. The van der Waals surface area contributed by atoms with Gasteiger partial charge in [0.05, 0.1) is 12.1 Å². The van der Waals surface area contributed by atoms with Gasteiger partial charge >= 0.3 is 0 Å². The van der Waals surface area contributed by atoms with E-state index in [4.69, 9.17) is 5.73 Å². The zero-order valence-electron chi connectivity index (χ0n) is 8.70. The fraction of sp³-hybridized carbons (Fsp3) is 0.500. The summed E-state index contributed by atoms with van der Waals surface area (Å²) in [6, 6.07) is 6.04. The van der Waals surface area contributed by atoms with Crippen LogP contribution in [0.1, 0.15) is 42.5 Å². The van der Waals surface area contributed by atoms with Crippen LogP contribution in [0.3, 0.4) is 0 Å². The predicted molar refractivity (Wildman–Crippen MR) is 57.2 cm³/mol. The summed E-state index contributed by atoms with van der Waals surface area (Å²) in [6.45, 7) is 4.32. The second-order valence-electron chi connectivity index (χ2n) is 4.37. The van der Waals surface area contributed by atoms with Crippen LogP contribution in [-0.4, -0.2) is 11.2 Å². The molecule has 2 nitrogen and oxygen atoms in total. The van der Waals surface area contributed by atoms with E-state index in [0.717, 1.165) is 0 Å². The van der Waals surface area contributed by atoms with Crippen molar-refractivity contribution in [2.24, 2.45) is 5.73 Å². The highest BCUT2D eigenvalue weighted by Crippen LogP contribution is 2.35. The number of rotatable bonds is 1. The molecule has 0 fully saturated rings. The maximum atomic E-state index is 9.70. The van der Waals surface area contributed by atoms with E-state index in [1.54, 1.807) is 0 Å². The van der Waals surface area contributed by atoms with Gasteiger partial charge in [0.2, 0.25) is 0 Å². The summed E-state index contributed by atoms with van der Waals surface area (Å²) in [7, 11) is 0. The fourth-order valence-electron chi connectivity index (χ4n) is 2.27. The van der Waals surface area contributed by atoms with Crippen molar-refractivity contribution >= 4 is 0 Å². The molecule has 1 aromatic rings. The molecule has 1 aliphatic carbocycles. The molecular weight excluding hydrogens is 174 g/mol. The lowest BCUT2D eigenvalue weighted by Crippen LogP contribution is -2.22. The van der Waals surface area contributed by atoms with Crippen LogP contribution in [-0.2, 0) is 6.42 Å². The van der Waals surface area contributed by atoms with Gasteiger partial charge < -0.3 is 10.8 Å². The SMILES string of the molecule is CC(C)c1cccc2c1[C@H](N)C(O)C2. The van der Waals surface area contributed by atoms with Gasteiger partial charge in [0, 0.05) is 6.42 Å². The average Bonchev–Trinajstić information content (AvgIpc) is 2.43. The van der Waals surface area contributed by atoms with E-state index in [1.807, 2.05) is 0 Å². The fourth-order valence-corrected chi connectivity index (χ4v) is 2.27. The third-order valence-corrected chi connectivity index (χ3v) is 3.03. The smallest absolute Gasteiger partial charge is 0.0773 e. The molecule has 0 bridgehead atoms. The molecule has 2 atom stereocenters. The molecule has 0 amide bonds. The second kappa shape index (κ2) is 3.37. The van der Waals surface area contributed by atoms with Crippen LogP contribution in [0, 0.1) is 0 Å². The van der Waals surface area contributed by atoms with Crippen molar-refractivity contribution in [1.29, 1.82) is 0 Å². The first kappa shape index (κ1) is 9.69. The van der Waals surface area contributed by atoms with Crippen molar-refractivity contribution < 1.29 is 5.11 Å². The Kier molecular flexibility index (Phi) is 2.33. The third kappa shape index (κ3) is 1.35. The van der Waals surface area contributed by atoms with Crippen molar-refractivity contribution in [3.05, 3.63) is 34.9 Å². The Hall–Kier alpha value is -0.860. The van der Waals surface area contributed by atoms with Gasteiger partial charge in [-0.2, -0.15) is 0 Å². The van der Waals surface area contributed by atoms with Gasteiger partial charge in [-0.3, -0.25) is 0 Å². The summed E-state index contributed by atoms with van der Waals surface area (Å²) < 4.78 is 0. The molecule has 0 heterocycles. The van der Waals surface area contributed by atoms with Gasteiger partial charge in [-0.15, -0.1) is 0 Å². The Labute approximate surface area is 84.7 Å². The molecule has 0 aromatic heterocycles. The molecule has 0 aliphatic heterocycles. The number of aliphatic hydroxyl groups excluding tert-OH is 1. The second-order valence-corrected chi connectivity index (χ2v) is 4.37. The molecule has 0 saturated carbocycles. The minimum atomic E-state index is -0.398. The molecule has 0 radical (unpaired) electrons. The molecule has 1 aliphatic rings. The summed E-state index contributed by atoms with van der Waals surface area (Å²) in [5.74, 6) is 0.473. The van der Waals surface area contributed by atoms with Gasteiger partial charge in [0.15, 0.2) is 0 Å².